The second-order valence-corrected chi connectivity index (χ2v) is 5.80. The fourth-order valence-corrected chi connectivity index (χ4v) is 2.27. The summed E-state index contributed by atoms with van der Waals surface area (Å²) in [5.41, 5.74) is 2.86. The van der Waals surface area contributed by atoms with E-state index in [0.29, 0.717) is 27.8 Å². The third-order valence-electron chi connectivity index (χ3n) is 3.17. The van der Waals surface area contributed by atoms with Gasteiger partial charge in [0.05, 0.1) is 5.56 Å². The van der Waals surface area contributed by atoms with Gasteiger partial charge in [-0.1, -0.05) is 5.92 Å². The lowest BCUT2D eigenvalue weighted by Gasteiger charge is -2.22. The Morgan fingerprint density at radius 1 is 1.15 bits per heavy atom. The molecule has 0 N–H and O–H groups in total. The number of benzene rings is 1. The van der Waals surface area contributed by atoms with Crippen LogP contribution in [0, 0.1) is 33.1 Å². The molecular weight excluding hydrogens is 252 g/mol. The molecule has 0 saturated carbocycles. The SMILES string of the molecule is C#Cc1c(C)c(C=O)c(C)c(C(=O)OC(C)(C)C)c1C. The number of esters is 1. The third kappa shape index (κ3) is 2.91. The Kier molecular flexibility index (Phi) is 4.39. The van der Waals surface area contributed by atoms with Gasteiger partial charge in [-0.3, -0.25) is 4.79 Å². The highest BCUT2D eigenvalue weighted by atomic mass is 16.6. The molecule has 0 fully saturated rings. The van der Waals surface area contributed by atoms with E-state index in [-0.39, 0.29) is 0 Å². The highest BCUT2D eigenvalue weighted by Gasteiger charge is 2.25. The Balaban J connectivity index is 3.60. The Hall–Kier alpha value is -2.08. The molecule has 0 saturated heterocycles. The van der Waals surface area contributed by atoms with Crippen molar-refractivity contribution in [1.82, 2.24) is 0 Å². The maximum atomic E-state index is 12.3. The van der Waals surface area contributed by atoms with Crippen molar-refractivity contribution in [1.29, 1.82) is 0 Å². The van der Waals surface area contributed by atoms with Gasteiger partial charge in [0, 0.05) is 11.1 Å². The van der Waals surface area contributed by atoms with Crippen LogP contribution >= 0.6 is 0 Å². The summed E-state index contributed by atoms with van der Waals surface area (Å²) in [6.45, 7) is 10.7. The molecule has 1 aromatic rings. The van der Waals surface area contributed by atoms with E-state index in [2.05, 4.69) is 5.92 Å². The van der Waals surface area contributed by atoms with E-state index in [0.717, 1.165) is 11.8 Å². The van der Waals surface area contributed by atoms with E-state index in [1.165, 1.54) is 0 Å². The summed E-state index contributed by atoms with van der Waals surface area (Å²) in [7, 11) is 0. The summed E-state index contributed by atoms with van der Waals surface area (Å²) in [5.74, 6) is 2.11. The fraction of sp³-hybridized carbons (Fsp3) is 0.412. The number of aldehydes is 1. The standard InChI is InChI=1S/C17H20O3/c1-8-13-10(2)14(9-18)12(4)15(11(13)3)16(19)20-17(5,6)7/h1,9H,2-7H3. The van der Waals surface area contributed by atoms with Gasteiger partial charge >= 0.3 is 5.97 Å². The van der Waals surface area contributed by atoms with Gasteiger partial charge in [0.25, 0.3) is 0 Å². The zero-order valence-electron chi connectivity index (χ0n) is 12.9. The van der Waals surface area contributed by atoms with Crippen LogP contribution in [0.25, 0.3) is 0 Å². The lowest BCUT2D eigenvalue weighted by atomic mass is 9.89. The van der Waals surface area contributed by atoms with E-state index < -0.39 is 11.6 Å². The second-order valence-electron chi connectivity index (χ2n) is 5.80. The molecular formula is C17H20O3. The summed E-state index contributed by atoms with van der Waals surface area (Å²) >= 11 is 0. The van der Waals surface area contributed by atoms with Gasteiger partial charge in [-0.05, 0) is 58.2 Å². The first-order valence-electron chi connectivity index (χ1n) is 6.43. The monoisotopic (exact) mass is 272 g/mol. The predicted octanol–water partition coefficient (Wildman–Crippen LogP) is 3.36. The van der Waals surface area contributed by atoms with E-state index in [1.54, 1.807) is 41.5 Å². The van der Waals surface area contributed by atoms with Gasteiger partial charge in [-0.15, -0.1) is 6.42 Å². The van der Waals surface area contributed by atoms with Crippen molar-refractivity contribution in [2.45, 2.75) is 47.1 Å². The molecule has 3 nitrogen and oxygen atoms in total. The highest BCUT2D eigenvalue weighted by Crippen LogP contribution is 2.27. The average Bonchev–Trinajstić information content (AvgIpc) is 2.27. The molecule has 1 aromatic carbocycles. The predicted molar refractivity (Wildman–Crippen MR) is 79.1 cm³/mol. The van der Waals surface area contributed by atoms with Crippen LogP contribution in [0.1, 0.15) is 63.7 Å². The largest absolute Gasteiger partial charge is 0.456 e. The Morgan fingerprint density at radius 2 is 1.70 bits per heavy atom. The molecule has 0 radical (unpaired) electrons. The molecule has 0 aromatic heterocycles. The Bertz CT molecular complexity index is 611. The number of terminal acetylenes is 1. The number of carbonyl (C=O) groups excluding carboxylic acids is 2. The van der Waals surface area contributed by atoms with Gasteiger partial charge in [0.15, 0.2) is 6.29 Å². The molecule has 106 valence electrons. The minimum atomic E-state index is -0.599. The van der Waals surface area contributed by atoms with Gasteiger partial charge in [-0.25, -0.2) is 4.79 Å². The van der Waals surface area contributed by atoms with E-state index in [4.69, 9.17) is 11.2 Å². The lowest BCUT2D eigenvalue weighted by molar-refractivity contribution is 0.00679. The summed E-state index contributed by atoms with van der Waals surface area (Å²) in [6, 6.07) is 0. The number of ether oxygens (including phenoxy) is 1. The van der Waals surface area contributed by atoms with E-state index in [1.807, 2.05) is 0 Å². The van der Waals surface area contributed by atoms with Gasteiger partial charge < -0.3 is 4.74 Å². The second kappa shape index (κ2) is 5.50. The molecule has 0 amide bonds. The van der Waals surface area contributed by atoms with Crippen LogP contribution in [0.15, 0.2) is 0 Å². The smallest absolute Gasteiger partial charge is 0.339 e. The number of hydrogen-bond acceptors (Lipinski definition) is 3. The molecule has 0 spiro atoms. The number of rotatable bonds is 2. The van der Waals surface area contributed by atoms with Crippen LogP contribution in [-0.4, -0.2) is 17.9 Å². The van der Waals surface area contributed by atoms with Crippen molar-refractivity contribution in [3.05, 3.63) is 33.4 Å². The highest BCUT2D eigenvalue weighted by molar-refractivity contribution is 5.97. The molecule has 3 heteroatoms. The van der Waals surface area contributed by atoms with E-state index in [9.17, 15) is 9.59 Å². The zero-order chi connectivity index (χ0) is 15.7. The van der Waals surface area contributed by atoms with Crippen LogP contribution in [0.2, 0.25) is 0 Å². The lowest BCUT2D eigenvalue weighted by Crippen LogP contribution is -2.25. The molecule has 1 rings (SSSR count). The molecule has 0 unspecified atom stereocenters. The molecule has 0 aliphatic heterocycles. The quantitative estimate of drug-likeness (QED) is 0.471. The van der Waals surface area contributed by atoms with Crippen LogP contribution in [0.5, 0.6) is 0 Å². The van der Waals surface area contributed by atoms with Crippen LogP contribution in [0.4, 0.5) is 0 Å². The van der Waals surface area contributed by atoms with Crippen molar-refractivity contribution >= 4 is 12.3 Å². The fourth-order valence-electron chi connectivity index (χ4n) is 2.27. The zero-order valence-corrected chi connectivity index (χ0v) is 12.9. The molecule has 0 aliphatic carbocycles. The number of hydrogen-bond donors (Lipinski definition) is 0. The molecule has 0 heterocycles. The van der Waals surface area contributed by atoms with Crippen molar-refractivity contribution in [2.75, 3.05) is 0 Å². The minimum absolute atomic E-state index is 0.389. The van der Waals surface area contributed by atoms with Crippen LogP contribution in [-0.2, 0) is 4.74 Å². The summed E-state index contributed by atoms with van der Waals surface area (Å²) in [4.78, 5) is 23.6. The van der Waals surface area contributed by atoms with Crippen LogP contribution < -0.4 is 0 Å². The molecule has 0 aliphatic rings. The average molecular weight is 272 g/mol. The summed E-state index contributed by atoms with van der Waals surface area (Å²) < 4.78 is 5.40. The summed E-state index contributed by atoms with van der Waals surface area (Å²) in [5, 5.41) is 0. The normalized spacial score (nSPS) is 10.8. The van der Waals surface area contributed by atoms with E-state index >= 15 is 0 Å². The first-order valence-corrected chi connectivity index (χ1v) is 6.43. The van der Waals surface area contributed by atoms with Crippen molar-refractivity contribution in [3.8, 4) is 12.3 Å². The summed E-state index contributed by atoms with van der Waals surface area (Å²) in [6.07, 6.45) is 6.24. The van der Waals surface area contributed by atoms with Crippen LogP contribution in [0.3, 0.4) is 0 Å². The van der Waals surface area contributed by atoms with Gasteiger partial charge in [0.2, 0.25) is 0 Å². The molecule has 0 bridgehead atoms. The van der Waals surface area contributed by atoms with Gasteiger partial charge in [-0.2, -0.15) is 0 Å². The van der Waals surface area contributed by atoms with Gasteiger partial charge in [0.1, 0.15) is 5.60 Å². The minimum Gasteiger partial charge on any atom is -0.456 e. The topological polar surface area (TPSA) is 43.4 Å². The maximum absolute atomic E-state index is 12.3. The van der Waals surface area contributed by atoms with Crippen molar-refractivity contribution in [3.63, 3.8) is 0 Å². The Labute approximate surface area is 120 Å². The molecule has 20 heavy (non-hydrogen) atoms. The first-order chi connectivity index (χ1) is 9.14. The first kappa shape index (κ1) is 16.0. The number of carbonyl (C=O) groups is 2. The molecule has 0 atom stereocenters. The van der Waals surface area contributed by atoms with Crippen molar-refractivity contribution < 1.29 is 14.3 Å². The third-order valence-corrected chi connectivity index (χ3v) is 3.17. The van der Waals surface area contributed by atoms with Crippen molar-refractivity contribution in [2.24, 2.45) is 0 Å². The maximum Gasteiger partial charge on any atom is 0.339 e. The Morgan fingerprint density at radius 3 is 2.10 bits per heavy atom.